The normalized spacial score (nSPS) is 27.0. The summed E-state index contributed by atoms with van der Waals surface area (Å²) in [5, 5.41) is 4.21. The second-order valence-corrected chi connectivity index (χ2v) is 6.66. The van der Waals surface area contributed by atoms with Gasteiger partial charge in [-0.3, -0.25) is 14.6 Å². The van der Waals surface area contributed by atoms with Gasteiger partial charge in [-0.05, 0) is 26.2 Å². The highest BCUT2D eigenvalue weighted by molar-refractivity contribution is 6.23. The van der Waals surface area contributed by atoms with Gasteiger partial charge < -0.3 is 0 Å². The van der Waals surface area contributed by atoms with Crippen LogP contribution >= 0.6 is 0 Å². The second-order valence-electron chi connectivity index (χ2n) is 6.66. The van der Waals surface area contributed by atoms with Gasteiger partial charge in [-0.1, -0.05) is 18.8 Å². The maximum absolute atomic E-state index is 13.0. The highest BCUT2D eigenvalue weighted by atomic mass is 16.2. The second kappa shape index (κ2) is 5.43. The first-order chi connectivity index (χ1) is 10.8. The van der Waals surface area contributed by atoms with E-state index >= 15 is 0 Å². The lowest BCUT2D eigenvalue weighted by Crippen LogP contribution is -2.64. The maximum atomic E-state index is 13.0. The molecule has 0 saturated carbocycles. The number of aliphatic imine (C=N–C) groups is 1. The zero-order valence-corrected chi connectivity index (χ0v) is 14.2. The number of guanidine groups is 1. The molecule has 2 unspecified atom stereocenters. The number of hydrogen-bond acceptors (Lipinski definition) is 5. The van der Waals surface area contributed by atoms with E-state index in [9.17, 15) is 9.59 Å². The molecule has 0 aliphatic carbocycles. The topological polar surface area (TPSA) is 80.4 Å². The van der Waals surface area contributed by atoms with Crippen LogP contribution in [0.4, 0.5) is 4.79 Å². The number of urea groups is 1. The summed E-state index contributed by atoms with van der Waals surface area (Å²) in [4.78, 5) is 32.7. The predicted octanol–water partition coefficient (Wildman–Crippen LogP) is 0.443. The van der Waals surface area contributed by atoms with Crippen LogP contribution in [0.2, 0.25) is 0 Å². The van der Waals surface area contributed by atoms with Crippen LogP contribution < -0.4 is 5.43 Å². The average molecular weight is 319 g/mol. The predicted molar refractivity (Wildman–Crippen MR) is 86.5 cm³/mol. The highest BCUT2D eigenvalue weighted by Crippen LogP contribution is 2.23. The molecule has 0 aromatic rings. The third-order valence-electron chi connectivity index (χ3n) is 4.63. The number of carbonyl (C=O) groups is 2. The molecule has 1 N–H and O–H groups in total. The van der Waals surface area contributed by atoms with Crippen molar-refractivity contribution in [3.8, 4) is 0 Å². The summed E-state index contributed by atoms with van der Waals surface area (Å²) in [5.41, 5.74) is 3.75. The van der Waals surface area contributed by atoms with E-state index < -0.39 is 6.04 Å². The van der Waals surface area contributed by atoms with Crippen LogP contribution in [0.1, 0.15) is 34.1 Å². The van der Waals surface area contributed by atoms with Crippen molar-refractivity contribution >= 4 is 29.4 Å². The molecule has 0 spiro atoms. The smallest absolute Gasteiger partial charge is 0.270 e. The number of carbonyl (C=O) groups excluding carboxylic acids is 2. The Bertz CT molecular complexity index is 663. The number of rotatable bonds is 3. The average Bonchev–Trinajstić information content (AvgIpc) is 2.89. The van der Waals surface area contributed by atoms with Crippen LogP contribution in [-0.4, -0.2) is 69.5 Å². The Morgan fingerprint density at radius 1 is 1.35 bits per heavy atom. The first kappa shape index (κ1) is 15.6. The van der Waals surface area contributed by atoms with Gasteiger partial charge in [0.15, 0.2) is 0 Å². The van der Waals surface area contributed by atoms with Crippen molar-refractivity contribution in [2.75, 3.05) is 13.6 Å². The number of hydrazone groups is 1. The number of amidine groups is 1. The Kier molecular flexibility index (Phi) is 3.69. The standard InChI is InChI=1S/C15H22N6O2/c1-8(2)6-7-20-13(22)11-12(19(5)15(20)23)16-14-18-17-9(3)10(4)21(11)14/h8,10-11H,6-7H2,1-5H3/p+1. The van der Waals surface area contributed by atoms with Crippen LogP contribution in [0.25, 0.3) is 0 Å². The van der Waals surface area contributed by atoms with Crippen molar-refractivity contribution < 1.29 is 14.2 Å². The van der Waals surface area contributed by atoms with Crippen molar-refractivity contribution in [1.29, 1.82) is 0 Å². The fourth-order valence-corrected chi connectivity index (χ4v) is 3.00. The van der Waals surface area contributed by atoms with Crippen LogP contribution in [0.3, 0.4) is 0 Å². The largest absolute Gasteiger partial charge is 0.414 e. The molecule has 3 aliphatic rings. The molecule has 3 heterocycles. The molecule has 3 rings (SSSR count). The van der Waals surface area contributed by atoms with Gasteiger partial charge in [0.2, 0.25) is 11.9 Å². The third kappa shape index (κ3) is 2.32. The molecule has 0 bridgehead atoms. The summed E-state index contributed by atoms with van der Waals surface area (Å²) in [6.45, 7) is 8.48. The number of nitrogens with zero attached hydrogens (tertiary/aromatic N) is 5. The van der Waals surface area contributed by atoms with Gasteiger partial charge in [-0.2, -0.15) is 5.43 Å². The van der Waals surface area contributed by atoms with E-state index in [4.69, 9.17) is 0 Å². The minimum absolute atomic E-state index is 0.0463. The van der Waals surface area contributed by atoms with Crippen molar-refractivity contribution in [3.63, 3.8) is 0 Å². The lowest BCUT2D eigenvalue weighted by Gasteiger charge is -2.35. The monoisotopic (exact) mass is 319 g/mol. The zero-order valence-electron chi connectivity index (χ0n) is 14.2. The Balaban J connectivity index is 1.94. The van der Waals surface area contributed by atoms with Gasteiger partial charge in [0.1, 0.15) is 6.04 Å². The van der Waals surface area contributed by atoms with Gasteiger partial charge >= 0.3 is 12.0 Å². The van der Waals surface area contributed by atoms with Gasteiger partial charge in [0, 0.05) is 13.6 Å². The van der Waals surface area contributed by atoms with Crippen molar-refractivity contribution in [3.05, 3.63) is 0 Å². The molecule has 0 radical (unpaired) electrons. The third-order valence-corrected chi connectivity index (χ3v) is 4.63. The summed E-state index contributed by atoms with van der Waals surface area (Å²) >= 11 is 0. The first-order valence-corrected chi connectivity index (χ1v) is 7.96. The summed E-state index contributed by atoms with van der Waals surface area (Å²) < 4.78 is 1.91. The molecule has 1 fully saturated rings. The maximum Gasteiger partial charge on any atom is 0.414 e. The molecular formula is C15H23N6O2+. The first-order valence-electron chi connectivity index (χ1n) is 7.96. The number of imide groups is 1. The summed E-state index contributed by atoms with van der Waals surface area (Å²) in [5.74, 6) is 1.22. The summed E-state index contributed by atoms with van der Waals surface area (Å²) in [6, 6.07) is -0.917. The highest BCUT2D eigenvalue weighted by Gasteiger charge is 2.54. The van der Waals surface area contributed by atoms with E-state index in [1.54, 1.807) is 7.05 Å². The van der Waals surface area contributed by atoms with Gasteiger partial charge in [-0.15, -0.1) is 5.10 Å². The molecule has 1 saturated heterocycles. The van der Waals surface area contributed by atoms with Crippen LogP contribution in [0.5, 0.6) is 0 Å². The molecule has 124 valence electrons. The molecule has 3 amide bonds. The van der Waals surface area contributed by atoms with E-state index in [-0.39, 0.29) is 18.0 Å². The van der Waals surface area contributed by atoms with Gasteiger partial charge in [-0.25, -0.2) is 9.37 Å². The molecular weight excluding hydrogens is 296 g/mol. The fraction of sp³-hybridized carbons (Fsp3) is 0.667. The van der Waals surface area contributed by atoms with E-state index in [2.05, 4.69) is 29.4 Å². The number of amides is 3. The summed E-state index contributed by atoms with van der Waals surface area (Å²) in [7, 11) is 1.67. The Morgan fingerprint density at radius 3 is 2.70 bits per heavy atom. The van der Waals surface area contributed by atoms with Gasteiger partial charge in [0.25, 0.3) is 5.91 Å². The van der Waals surface area contributed by atoms with Crippen molar-refractivity contribution in [2.24, 2.45) is 16.0 Å². The van der Waals surface area contributed by atoms with E-state index in [0.717, 1.165) is 12.1 Å². The minimum atomic E-state index is -0.562. The molecule has 8 heteroatoms. The Morgan fingerprint density at radius 2 is 2.04 bits per heavy atom. The lowest BCUT2D eigenvalue weighted by atomic mass is 10.1. The van der Waals surface area contributed by atoms with Gasteiger partial charge in [0.05, 0.1) is 5.71 Å². The van der Waals surface area contributed by atoms with Crippen LogP contribution in [0, 0.1) is 5.92 Å². The Hall–Kier alpha value is -2.25. The number of hydrogen-bond donors (Lipinski definition) is 1. The van der Waals surface area contributed by atoms with E-state index in [0.29, 0.717) is 24.3 Å². The van der Waals surface area contributed by atoms with E-state index in [1.165, 1.54) is 9.80 Å². The molecule has 23 heavy (non-hydrogen) atoms. The lowest BCUT2D eigenvalue weighted by molar-refractivity contribution is -0.555. The molecule has 8 nitrogen and oxygen atoms in total. The van der Waals surface area contributed by atoms with Crippen LogP contribution in [-0.2, 0) is 4.79 Å². The molecule has 0 aromatic heterocycles. The van der Waals surface area contributed by atoms with E-state index in [1.807, 2.05) is 18.4 Å². The van der Waals surface area contributed by atoms with Crippen molar-refractivity contribution in [2.45, 2.75) is 46.2 Å². The molecule has 2 atom stereocenters. The molecule has 0 aromatic carbocycles. The summed E-state index contributed by atoms with van der Waals surface area (Å²) in [6.07, 6.45) is 0.787. The quantitative estimate of drug-likeness (QED) is 0.767. The van der Waals surface area contributed by atoms with Crippen molar-refractivity contribution in [1.82, 2.24) is 15.2 Å². The zero-order chi connectivity index (χ0) is 16.9. The number of nitrogens with one attached hydrogen (secondary N) is 1. The van der Waals surface area contributed by atoms with Crippen LogP contribution in [0.15, 0.2) is 10.1 Å². The minimum Gasteiger partial charge on any atom is -0.270 e. The number of fused-ring (bicyclic) bond motifs is 2. The fourth-order valence-electron chi connectivity index (χ4n) is 3.00. The number of likely N-dealkylation sites (N-methyl/N-ethyl adjacent to an activating group) is 1. The molecule has 3 aliphatic heterocycles. The SMILES string of the molecule is CC1=NNC2=[N+](C1C)C1C(=O)N(CCC(C)C)C(=O)N(C)C1=N2. The Labute approximate surface area is 135 Å².